The molecule has 0 aliphatic carbocycles. The lowest BCUT2D eigenvalue weighted by molar-refractivity contribution is -0.132. The number of thioether (sulfide) groups is 1. The van der Waals surface area contributed by atoms with Gasteiger partial charge in [0.15, 0.2) is 4.34 Å². The van der Waals surface area contributed by atoms with E-state index in [9.17, 15) is 9.59 Å². The molecule has 2 rings (SSSR count). The zero-order chi connectivity index (χ0) is 16.7. The number of carbonyl (C=O) groups excluding carboxylic acids is 2. The monoisotopic (exact) mass is 359 g/mol. The number of anilines is 1. The molecule has 1 aromatic heterocycles. The molecular formula is C13H21N5O3S2. The predicted octanol–water partition coefficient (Wildman–Crippen LogP) is 0.412. The van der Waals surface area contributed by atoms with Crippen LogP contribution in [0.25, 0.3) is 0 Å². The fraction of sp³-hybridized carbons (Fsp3) is 0.692. The average molecular weight is 359 g/mol. The Morgan fingerprint density at radius 3 is 2.83 bits per heavy atom. The Morgan fingerprint density at radius 2 is 2.17 bits per heavy atom. The van der Waals surface area contributed by atoms with Crippen molar-refractivity contribution in [1.29, 1.82) is 0 Å². The van der Waals surface area contributed by atoms with E-state index in [1.807, 2.05) is 0 Å². The minimum absolute atomic E-state index is 0.0574. The third-order valence-electron chi connectivity index (χ3n) is 3.56. The summed E-state index contributed by atoms with van der Waals surface area (Å²) in [6.45, 7) is 2.45. The van der Waals surface area contributed by atoms with Crippen LogP contribution in [0.2, 0.25) is 0 Å². The van der Waals surface area contributed by atoms with Gasteiger partial charge >= 0.3 is 0 Å². The second kappa shape index (κ2) is 9.04. The average Bonchev–Trinajstić information content (AvgIpc) is 3.01. The van der Waals surface area contributed by atoms with Gasteiger partial charge in [-0.3, -0.25) is 9.59 Å². The van der Waals surface area contributed by atoms with Crippen molar-refractivity contribution in [2.75, 3.05) is 44.4 Å². The minimum atomic E-state index is -0.270. The molecule has 1 fully saturated rings. The maximum Gasteiger partial charge on any atom is 0.233 e. The highest BCUT2D eigenvalue weighted by atomic mass is 32.2. The summed E-state index contributed by atoms with van der Waals surface area (Å²) >= 11 is 2.80. The van der Waals surface area contributed by atoms with Gasteiger partial charge < -0.3 is 20.7 Å². The zero-order valence-corrected chi connectivity index (χ0v) is 14.6. The van der Waals surface area contributed by atoms with Crippen molar-refractivity contribution in [3.8, 4) is 0 Å². The first-order chi connectivity index (χ1) is 11.1. The van der Waals surface area contributed by atoms with Gasteiger partial charge in [0.1, 0.15) is 0 Å². The van der Waals surface area contributed by atoms with Crippen molar-refractivity contribution < 1.29 is 14.3 Å². The number of carbonyl (C=O) groups is 2. The quantitative estimate of drug-likeness (QED) is 0.511. The number of primary amides is 1. The normalized spacial score (nSPS) is 15.6. The summed E-state index contributed by atoms with van der Waals surface area (Å²) < 4.78 is 5.70. The molecule has 0 spiro atoms. The molecular weight excluding hydrogens is 338 g/mol. The fourth-order valence-electron chi connectivity index (χ4n) is 2.23. The molecule has 0 bridgehead atoms. The Kier molecular flexibility index (Phi) is 7.06. The molecule has 0 aromatic carbocycles. The van der Waals surface area contributed by atoms with E-state index < -0.39 is 0 Å². The van der Waals surface area contributed by atoms with Gasteiger partial charge in [0, 0.05) is 32.7 Å². The zero-order valence-electron chi connectivity index (χ0n) is 13.0. The van der Waals surface area contributed by atoms with Crippen LogP contribution in [-0.4, -0.2) is 66.0 Å². The number of nitrogens with zero attached hydrogens (tertiary/aromatic N) is 3. The van der Waals surface area contributed by atoms with Crippen LogP contribution in [0.15, 0.2) is 4.34 Å². The summed E-state index contributed by atoms with van der Waals surface area (Å²) in [6.07, 6.45) is 1.30. The highest BCUT2D eigenvalue weighted by Gasteiger charge is 2.25. The number of ether oxygens (including phenoxy) is 1. The minimum Gasteiger partial charge on any atom is -0.383 e. The number of nitrogens with one attached hydrogen (secondary N) is 1. The van der Waals surface area contributed by atoms with Crippen molar-refractivity contribution in [2.24, 2.45) is 11.7 Å². The number of methoxy groups -OCH3 is 1. The summed E-state index contributed by atoms with van der Waals surface area (Å²) in [4.78, 5) is 25.1. The Hall–Kier alpha value is -1.39. The number of hydrogen-bond donors (Lipinski definition) is 2. The van der Waals surface area contributed by atoms with Crippen LogP contribution in [0, 0.1) is 5.92 Å². The first-order valence-electron chi connectivity index (χ1n) is 7.36. The summed E-state index contributed by atoms with van der Waals surface area (Å²) in [5, 5.41) is 11.9. The van der Waals surface area contributed by atoms with Crippen molar-refractivity contribution in [2.45, 2.75) is 17.2 Å². The molecule has 0 unspecified atom stereocenters. The summed E-state index contributed by atoms with van der Waals surface area (Å²) in [7, 11) is 1.64. The predicted molar refractivity (Wildman–Crippen MR) is 89.5 cm³/mol. The van der Waals surface area contributed by atoms with Gasteiger partial charge in [-0.05, 0) is 12.8 Å². The third kappa shape index (κ3) is 5.63. The van der Waals surface area contributed by atoms with Gasteiger partial charge in [0.05, 0.1) is 12.4 Å². The van der Waals surface area contributed by atoms with Crippen LogP contribution >= 0.6 is 23.1 Å². The van der Waals surface area contributed by atoms with Gasteiger partial charge in [-0.15, -0.1) is 10.2 Å². The molecule has 23 heavy (non-hydrogen) atoms. The Labute approximate surface area is 143 Å². The van der Waals surface area contributed by atoms with Crippen LogP contribution in [0.4, 0.5) is 5.13 Å². The van der Waals surface area contributed by atoms with Gasteiger partial charge in [-0.25, -0.2) is 0 Å². The van der Waals surface area contributed by atoms with E-state index in [1.165, 1.54) is 23.1 Å². The Balaban J connectivity index is 1.71. The molecule has 1 saturated heterocycles. The topological polar surface area (TPSA) is 110 Å². The Morgan fingerprint density at radius 1 is 1.43 bits per heavy atom. The molecule has 2 heterocycles. The molecule has 8 nitrogen and oxygen atoms in total. The van der Waals surface area contributed by atoms with Gasteiger partial charge in [-0.2, -0.15) is 0 Å². The molecule has 3 N–H and O–H groups in total. The molecule has 0 saturated carbocycles. The smallest absolute Gasteiger partial charge is 0.233 e. The molecule has 10 heteroatoms. The van der Waals surface area contributed by atoms with Crippen molar-refractivity contribution in [1.82, 2.24) is 15.1 Å². The second-order valence-corrected chi connectivity index (χ2v) is 7.34. The van der Waals surface area contributed by atoms with Crippen molar-refractivity contribution in [3.05, 3.63) is 0 Å². The van der Waals surface area contributed by atoms with Gasteiger partial charge in [0.25, 0.3) is 0 Å². The van der Waals surface area contributed by atoms with Crippen LogP contribution in [0.5, 0.6) is 0 Å². The van der Waals surface area contributed by atoms with Crippen molar-refractivity contribution >= 4 is 40.0 Å². The van der Waals surface area contributed by atoms with E-state index in [1.54, 1.807) is 12.0 Å². The summed E-state index contributed by atoms with van der Waals surface area (Å²) in [6, 6.07) is 0. The molecule has 1 aliphatic rings. The number of piperidine rings is 1. The van der Waals surface area contributed by atoms with Crippen molar-refractivity contribution in [3.63, 3.8) is 0 Å². The number of amides is 2. The van der Waals surface area contributed by atoms with Crippen LogP contribution < -0.4 is 11.1 Å². The largest absolute Gasteiger partial charge is 0.383 e. The summed E-state index contributed by atoms with van der Waals surface area (Å²) in [5.41, 5.74) is 5.30. The number of nitrogens with two attached hydrogens (primary N) is 1. The molecule has 0 radical (unpaired) electrons. The molecule has 1 aliphatic heterocycles. The van der Waals surface area contributed by atoms with E-state index in [4.69, 9.17) is 10.5 Å². The van der Waals surface area contributed by atoms with Gasteiger partial charge in [0.2, 0.25) is 16.9 Å². The Bertz CT molecular complexity index is 531. The van der Waals surface area contributed by atoms with Crippen LogP contribution in [-0.2, 0) is 14.3 Å². The molecule has 0 atom stereocenters. The van der Waals surface area contributed by atoms with E-state index in [2.05, 4.69) is 15.5 Å². The first kappa shape index (κ1) is 18.0. The molecule has 2 amide bonds. The van der Waals surface area contributed by atoms with E-state index in [0.717, 1.165) is 9.47 Å². The molecule has 1 aromatic rings. The highest BCUT2D eigenvalue weighted by Crippen LogP contribution is 2.26. The van der Waals surface area contributed by atoms with E-state index in [0.29, 0.717) is 44.8 Å². The third-order valence-corrected chi connectivity index (χ3v) is 5.56. The number of likely N-dealkylation sites (tertiary alicyclic amines) is 1. The van der Waals surface area contributed by atoms with Crippen LogP contribution in [0.1, 0.15) is 12.8 Å². The SMILES string of the molecule is COCCNc1nnc(SCC(=O)N2CCC(C(N)=O)CC2)s1. The number of aromatic nitrogens is 2. The van der Waals surface area contributed by atoms with E-state index in [-0.39, 0.29) is 17.7 Å². The maximum absolute atomic E-state index is 12.2. The fourth-order valence-corrected chi connectivity index (χ4v) is 3.91. The second-order valence-electron chi connectivity index (χ2n) is 5.14. The standard InChI is InChI=1S/C13H21N5O3S2/c1-21-7-4-15-12-16-17-13(23-12)22-8-10(19)18-5-2-9(3-6-18)11(14)20/h9H,2-8H2,1H3,(H2,14,20)(H,15,16). The lowest BCUT2D eigenvalue weighted by Crippen LogP contribution is -2.42. The van der Waals surface area contributed by atoms with Gasteiger partial charge in [-0.1, -0.05) is 23.1 Å². The lowest BCUT2D eigenvalue weighted by Gasteiger charge is -2.30. The number of hydrogen-bond acceptors (Lipinski definition) is 8. The highest BCUT2D eigenvalue weighted by molar-refractivity contribution is 8.01. The maximum atomic E-state index is 12.2. The lowest BCUT2D eigenvalue weighted by atomic mass is 9.96. The van der Waals surface area contributed by atoms with E-state index >= 15 is 0 Å². The number of rotatable bonds is 8. The first-order valence-corrected chi connectivity index (χ1v) is 9.16. The summed E-state index contributed by atoms with van der Waals surface area (Å²) in [5.74, 6) is 0.0138. The van der Waals surface area contributed by atoms with Crippen LogP contribution in [0.3, 0.4) is 0 Å². The molecule has 128 valence electrons.